The molecule has 4 aromatic rings. The lowest BCUT2D eigenvalue weighted by Gasteiger charge is -2.08. The Morgan fingerprint density at radius 2 is 1.86 bits per heavy atom. The molecule has 0 aliphatic carbocycles. The summed E-state index contributed by atoms with van der Waals surface area (Å²) in [5.74, 6) is 0.841. The topological polar surface area (TPSA) is 121 Å². The van der Waals surface area contributed by atoms with E-state index >= 15 is 0 Å². The van der Waals surface area contributed by atoms with Gasteiger partial charge in [0, 0.05) is 17.6 Å². The molecule has 0 saturated carbocycles. The zero-order valence-corrected chi connectivity index (χ0v) is 16.6. The number of aromatic amines is 1. The number of H-pyrrole nitrogens is 1. The molecule has 146 valence electrons. The highest BCUT2D eigenvalue weighted by Crippen LogP contribution is 2.28. The van der Waals surface area contributed by atoms with Gasteiger partial charge in [-0.05, 0) is 44.2 Å². The third-order valence-electron chi connectivity index (χ3n) is 4.01. The Morgan fingerprint density at radius 1 is 1.07 bits per heavy atom. The van der Waals surface area contributed by atoms with Crippen molar-refractivity contribution < 1.29 is 4.79 Å². The number of nitrogens with zero attached hydrogens (tertiary/aromatic N) is 5. The summed E-state index contributed by atoms with van der Waals surface area (Å²) in [5, 5.41) is 13.4. The molecule has 3 heterocycles. The van der Waals surface area contributed by atoms with E-state index in [1.165, 1.54) is 6.33 Å². The number of anilines is 3. The average molecular weight is 406 g/mol. The van der Waals surface area contributed by atoms with E-state index < -0.39 is 0 Å². The maximum atomic E-state index is 12.0. The molecule has 0 bridgehead atoms. The van der Waals surface area contributed by atoms with Crippen molar-refractivity contribution in [3.63, 3.8) is 0 Å². The van der Waals surface area contributed by atoms with Gasteiger partial charge in [0.1, 0.15) is 12.2 Å². The van der Waals surface area contributed by atoms with Crippen molar-refractivity contribution in [1.82, 2.24) is 30.1 Å². The lowest BCUT2D eigenvalue weighted by Crippen LogP contribution is -2.15. The van der Waals surface area contributed by atoms with Gasteiger partial charge in [0.15, 0.2) is 0 Å². The molecule has 0 saturated heterocycles. The largest absolute Gasteiger partial charge is 0.326 e. The van der Waals surface area contributed by atoms with Crippen LogP contribution < -0.4 is 10.6 Å². The molecule has 0 fully saturated rings. The molecule has 0 unspecified atom stereocenters. The predicted octanol–water partition coefficient (Wildman–Crippen LogP) is 3.26. The summed E-state index contributed by atoms with van der Waals surface area (Å²) in [6.45, 7) is 3.96. The monoisotopic (exact) mass is 406 g/mol. The van der Waals surface area contributed by atoms with Crippen LogP contribution in [0.25, 0.3) is 10.6 Å². The first-order valence-corrected chi connectivity index (χ1v) is 9.67. The maximum absolute atomic E-state index is 12.0. The van der Waals surface area contributed by atoms with Gasteiger partial charge >= 0.3 is 0 Å². The van der Waals surface area contributed by atoms with E-state index in [4.69, 9.17) is 0 Å². The summed E-state index contributed by atoms with van der Waals surface area (Å²) in [6, 6.07) is 9.19. The Labute approximate surface area is 170 Å². The predicted molar refractivity (Wildman–Crippen MR) is 111 cm³/mol. The number of nitrogens with one attached hydrogen (secondary N) is 3. The number of hydrogen-bond acceptors (Lipinski definition) is 8. The molecule has 1 aromatic carbocycles. The van der Waals surface area contributed by atoms with Crippen molar-refractivity contribution in [3.8, 4) is 10.6 Å². The molecule has 10 heteroatoms. The molecule has 3 N–H and O–H groups in total. The number of rotatable bonds is 6. The van der Waals surface area contributed by atoms with Gasteiger partial charge in [0.2, 0.25) is 11.9 Å². The van der Waals surface area contributed by atoms with Gasteiger partial charge < -0.3 is 10.6 Å². The zero-order valence-electron chi connectivity index (χ0n) is 15.8. The molecule has 0 aliphatic heterocycles. The summed E-state index contributed by atoms with van der Waals surface area (Å²) >= 11 is 1.61. The second-order valence-electron chi connectivity index (χ2n) is 6.27. The molecule has 0 aliphatic rings. The van der Waals surface area contributed by atoms with Crippen molar-refractivity contribution in [1.29, 1.82) is 0 Å². The number of thiazole rings is 1. The molecule has 9 nitrogen and oxygen atoms in total. The quantitative estimate of drug-likeness (QED) is 0.449. The molecular formula is C19H18N8OS. The van der Waals surface area contributed by atoms with Gasteiger partial charge in [0.25, 0.3) is 0 Å². The number of aryl methyl sites for hydroxylation is 2. The molecule has 0 atom stereocenters. The second-order valence-corrected chi connectivity index (χ2v) is 7.48. The molecule has 29 heavy (non-hydrogen) atoms. The Kier molecular flexibility index (Phi) is 5.25. The standard InChI is InChI=1S/C19H18N8OS/c1-11-18(29-12(2)23-11)15-7-8-20-19(26-15)25-14-5-3-13(4-6-14)24-17(28)9-16-21-10-22-27-16/h3-8,10H,9H2,1-2H3,(H,24,28)(H,20,25,26)(H,21,22,27). The SMILES string of the molecule is Cc1nc(C)c(-c2ccnc(Nc3ccc(NC(=O)Cc4ncn[nH]4)cc3)n2)s1. The van der Waals surface area contributed by atoms with Crippen LogP contribution in [0.3, 0.4) is 0 Å². The van der Waals surface area contributed by atoms with Crippen LogP contribution >= 0.6 is 11.3 Å². The fraction of sp³-hybridized carbons (Fsp3) is 0.158. The minimum absolute atomic E-state index is 0.136. The molecule has 1 amide bonds. The first kappa shape index (κ1) is 18.7. The smallest absolute Gasteiger partial charge is 0.232 e. The Bertz CT molecular complexity index is 1120. The van der Waals surface area contributed by atoms with E-state index in [-0.39, 0.29) is 12.3 Å². The van der Waals surface area contributed by atoms with E-state index in [9.17, 15) is 4.79 Å². The van der Waals surface area contributed by atoms with E-state index in [0.29, 0.717) is 17.5 Å². The number of amides is 1. The number of hydrogen-bond donors (Lipinski definition) is 3. The van der Waals surface area contributed by atoms with Crippen molar-refractivity contribution in [2.75, 3.05) is 10.6 Å². The van der Waals surface area contributed by atoms with E-state index in [0.717, 1.165) is 27.0 Å². The fourth-order valence-corrected chi connectivity index (χ4v) is 3.64. The van der Waals surface area contributed by atoms with Crippen LogP contribution in [0.15, 0.2) is 42.9 Å². The van der Waals surface area contributed by atoms with E-state index in [2.05, 4.69) is 40.8 Å². The summed E-state index contributed by atoms with van der Waals surface area (Å²) in [7, 11) is 0. The van der Waals surface area contributed by atoms with E-state index in [1.807, 2.05) is 32.0 Å². The number of carbonyl (C=O) groups excluding carboxylic acids is 1. The van der Waals surface area contributed by atoms with Crippen molar-refractivity contribution in [2.45, 2.75) is 20.3 Å². The number of aromatic nitrogens is 6. The zero-order chi connectivity index (χ0) is 20.2. The lowest BCUT2D eigenvalue weighted by atomic mass is 10.2. The molecule has 3 aromatic heterocycles. The molecule has 0 radical (unpaired) electrons. The van der Waals surface area contributed by atoms with Gasteiger partial charge in [-0.3, -0.25) is 9.89 Å². The Hall–Kier alpha value is -3.66. The summed E-state index contributed by atoms with van der Waals surface area (Å²) in [4.78, 5) is 30.3. The van der Waals surface area contributed by atoms with Gasteiger partial charge in [-0.1, -0.05) is 0 Å². The third-order valence-corrected chi connectivity index (χ3v) is 5.10. The number of benzene rings is 1. The third kappa shape index (κ3) is 4.61. The van der Waals surface area contributed by atoms with Gasteiger partial charge in [0.05, 0.1) is 27.7 Å². The van der Waals surface area contributed by atoms with Crippen molar-refractivity contribution in [3.05, 3.63) is 59.4 Å². The van der Waals surface area contributed by atoms with Crippen LogP contribution in [0.1, 0.15) is 16.5 Å². The highest BCUT2D eigenvalue weighted by molar-refractivity contribution is 7.15. The van der Waals surface area contributed by atoms with Crippen LogP contribution in [-0.4, -0.2) is 36.0 Å². The second kappa shape index (κ2) is 8.15. The minimum Gasteiger partial charge on any atom is -0.326 e. The van der Waals surface area contributed by atoms with Crippen LogP contribution in [-0.2, 0) is 11.2 Å². The average Bonchev–Trinajstić information content (AvgIpc) is 3.32. The summed E-state index contributed by atoms with van der Waals surface area (Å²) in [6.07, 6.45) is 3.23. The molecule has 4 rings (SSSR count). The van der Waals surface area contributed by atoms with Crippen molar-refractivity contribution >= 4 is 34.6 Å². The summed E-state index contributed by atoms with van der Waals surface area (Å²) in [5.41, 5.74) is 3.29. The number of carbonyl (C=O) groups is 1. The van der Waals surface area contributed by atoms with E-state index in [1.54, 1.807) is 29.7 Å². The van der Waals surface area contributed by atoms with Crippen LogP contribution in [0, 0.1) is 13.8 Å². The van der Waals surface area contributed by atoms with Crippen LogP contribution in [0.4, 0.5) is 17.3 Å². The minimum atomic E-state index is -0.172. The molecular weight excluding hydrogens is 388 g/mol. The first-order chi connectivity index (χ1) is 14.1. The Morgan fingerprint density at radius 3 is 2.55 bits per heavy atom. The Balaban J connectivity index is 1.42. The van der Waals surface area contributed by atoms with Crippen molar-refractivity contribution in [2.24, 2.45) is 0 Å². The van der Waals surface area contributed by atoms with Gasteiger partial charge in [-0.25, -0.2) is 19.9 Å². The maximum Gasteiger partial charge on any atom is 0.232 e. The highest BCUT2D eigenvalue weighted by Gasteiger charge is 2.10. The van der Waals surface area contributed by atoms with Gasteiger partial charge in [-0.15, -0.1) is 11.3 Å². The lowest BCUT2D eigenvalue weighted by molar-refractivity contribution is -0.115. The van der Waals surface area contributed by atoms with Gasteiger partial charge in [-0.2, -0.15) is 5.10 Å². The first-order valence-electron chi connectivity index (χ1n) is 8.85. The fourth-order valence-electron chi connectivity index (χ4n) is 2.75. The van der Waals surface area contributed by atoms with Crippen LogP contribution in [0.2, 0.25) is 0 Å². The molecule has 0 spiro atoms. The highest BCUT2D eigenvalue weighted by atomic mass is 32.1. The van der Waals surface area contributed by atoms with Crippen LogP contribution in [0.5, 0.6) is 0 Å². The summed E-state index contributed by atoms with van der Waals surface area (Å²) < 4.78 is 0. The normalized spacial score (nSPS) is 10.7.